The summed E-state index contributed by atoms with van der Waals surface area (Å²) in [5, 5.41) is 3.07. The highest BCUT2D eigenvalue weighted by Gasteiger charge is 1.98. The van der Waals surface area contributed by atoms with Crippen molar-refractivity contribution in [2.45, 2.75) is 0 Å². The van der Waals surface area contributed by atoms with Gasteiger partial charge in [-0.15, -0.1) is 0 Å². The van der Waals surface area contributed by atoms with Gasteiger partial charge in [0.15, 0.2) is 12.0 Å². The van der Waals surface area contributed by atoms with Crippen molar-refractivity contribution in [2.75, 3.05) is 19.2 Å². The van der Waals surface area contributed by atoms with Crippen LogP contribution in [-0.4, -0.2) is 18.8 Å². The SMILES string of the molecule is COCNc1ccc2ncoc2c1. The molecule has 0 amide bonds. The summed E-state index contributed by atoms with van der Waals surface area (Å²) in [5.74, 6) is 0. The fourth-order valence-corrected chi connectivity index (χ4v) is 1.12. The molecular weight excluding hydrogens is 168 g/mol. The number of hydrogen-bond donors (Lipinski definition) is 1. The lowest BCUT2D eigenvalue weighted by molar-refractivity contribution is 0.221. The van der Waals surface area contributed by atoms with Crippen LogP contribution < -0.4 is 5.32 Å². The van der Waals surface area contributed by atoms with Crippen LogP contribution in [0.2, 0.25) is 0 Å². The summed E-state index contributed by atoms with van der Waals surface area (Å²) in [6.45, 7) is 0.486. The molecule has 13 heavy (non-hydrogen) atoms. The molecule has 1 N–H and O–H groups in total. The lowest BCUT2D eigenvalue weighted by atomic mass is 10.3. The van der Waals surface area contributed by atoms with Crippen molar-refractivity contribution < 1.29 is 9.15 Å². The monoisotopic (exact) mass is 178 g/mol. The van der Waals surface area contributed by atoms with Gasteiger partial charge in [-0.1, -0.05) is 0 Å². The number of benzene rings is 1. The maximum absolute atomic E-state index is 5.15. The minimum atomic E-state index is 0.486. The molecule has 0 atom stereocenters. The Bertz CT molecular complexity index is 397. The highest BCUT2D eigenvalue weighted by atomic mass is 16.5. The number of anilines is 1. The summed E-state index contributed by atoms with van der Waals surface area (Å²) in [7, 11) is 1.64. The molecule has 2 aromatic rings. The molecule has 0 radical (unpaired) electrons. The highest BCUT2D eigenvalue weighted by molar-refractivity contribution is 5.76. The molecule has 2 rings (SSSR count). The Morgan fingerprint density at radius 2 is 2.46 bits per heavy atom. The average molecular weight is 178 g/mol. The minimum absolute atomic E-state index is 0.486. The van der Waals surface area contributed by atoms with Crippen LogP contribution in [0, 0.1) is 0 Å². The second-order valence-corrected chi connectivity index (χ2v) is 2.64. The molecule has 4 heteroatoms. The van der Waals surface area contributed by atoms with E-state index in [1.807, 2.05) is 18.2 Å². The average Bonchev–Trinajstić information content (AvgIpc) is 2.61. The van der Waals surface area contributed by atoms with Crippen LogP contribution in [0.1, 0.15) is 0 Å². The first-order valence-electron chi connectivity index (χ1n) is 3.96. The van der Waals surface area contributed by atoms with E-state index in [1.165, 1.54) is 6.39 Å². The van der Waals surface area contributed by atoms with E-state index in [1.54, 1.807) is 7.11 Å². The number of nitrogens with zero attached hydrogens (tertiary/aromatic N) is 1. The van der Waals surface area contributed by atoms with E-state index in [9.17, 15) is 0 Å². The molecule has 0 bridgehead atoms. The Morgan fingerprint density at radius 3 is 3.31 bits per heavy atom. The van der Waals surface area contributed by atoms with Crippen LogP contribution in [0.25, 0.3) is 11.1 Å². The van der Waals surface area contributed by atoms with Crippen LogP contribution in [0.5, 0.6) is 0 Å². The molecule has 1 heterocycles. The fraction of sp³-hybridized carbons (Fsp3) is 0.222. The maximum Gasteiger partial charge on any atom is 0.181 e. The molecule has 0 saturated carbocycles. The third kappa shape index (κ3) is 1.62. The van der Waals surface area contributed by atoms with Crippen molar-refractivity contribution in [1.29, 1.82) is 0 Å². The van der Waals surface area contributed by atoms with Crippen LogP contribution in [0.4, 0.5) is 5.69 Å². The third-order valence-corrected chi connectivity index (χ3v) is 1.75. The number of ether oxygens (including phenoxy) is 1. The normalized spacial score (nSPS) is 10.5. The predicted molar refractivity (Wildman–Crippen MR) is 49.5 cm³/mol. The largest absolute Gasteiger partial charge is 0.443 e. The molecule has 0 aliphatic heterocycles. The zero-order chi connectivity index (χ0) is 9.10. The van der Waals surface area contributed by atoms with Gasteiger partial charge >= 0.3 is 0 Å². The van der Waals surface area contributed by atoms with Gasteiger partial charge in [-0.05, 0) is 12.1 Å². The molecule has 0 aliphatic carbocycles. The molecule has 0 spiro atoms. The summed E-state index contributed by atoms with van der Waals surface area (Å²) in [4.78, 5) is 4.01. The molecule has 68 valence electrons. The van der Waals surface area contributed by atoms with E-state index in [0.29, 0.717) is 6.73 Å². The molecule has 4 nitrogen and oxygen atoms in total. The molecular formula is C9H10N2O2. The van der Waals surface area contributed by atoms with Crippen molar-refractivity contribution in [2.24, 2.45) is 0 Å². The van der Waals surface area contributed by atoms with Gasteiger partial charge in [0.05, 0.1) is 0 Å². The van der Waals surface area contributed by atoms with Crippen LogP contribution in [-0.2, 0) is 4.74 Å². The Labute approximate surface area is 75.5 Å². The number of hydrogen-bond acceptors (Lipinski definition) is 4. The van der Waals surface area contributed by atoms with Gasteiger partial charge in [-0.3, -0.25) is 0 Å². The summed E-state index contributed by atoms with van der Waals surface area (Å²) < 4.78 is 10.0. The minimum Gasteiger partial charge on any atom is -0.443 e. The number of fused-ring (bicyclic) bond motifs is 1. The number of methoxy groups -OCH3 is 1. The van der Waals surface area contributed by atoms with E-state index in [2.05, 4.69) is 10.3 Å². The van der Waals surface area contributed by atoms with Crippen LogP contribution in [0.15, 0.2) is 29.0 Å². The summed E-state index contributed by atoms with van der Waals surface area (Å²) in [5.41, 5.74) is 2.61. The van der Waals surface area contributed by atoms with E-state index < -0.39 is 0 Å². The first-order valence-corrected chi connectivity index (χ1v) is 3.96. The lowest BCUT2D eigenvalue weighted by Crippen LogP contribution is -2.02. The molecule has 1 aromatic carbocycles. The Kier molecular flexibility index (Phi) is 2.14. The van der Waals surface area contributed by atoms with Crippen molar-refractivity contribution in [1.82, 2.24) is 4.98 Å². The van der Waals surface area contributed by atoms with Gasteiger partial charge in [0.1, 0.15) is 12.2 Å². The third-order valence-electron chi connectivity index (χ3n) is 1.75. The van der Waals surface area contributed by atoms with Crippen molar-refractivity contribution in [3.63, 3.8) is 0 Å². The van der Waals surface area contributed by atoms with Crippen LogP contribution >= 0.6 is 0 Å². The predicted octanol–water partition coefficient (Wildman–Crippen LogP) is 1.84. The summed E-state index contributed by atoms with van der Waals surface area (Å²) in [6.07, 6.45) is 1.44. The second kappa shape index (κ2) is 3.45. The molecule has 0 aliphatic rings. The standard InChI is InChI=1S/C9H10N2O2/c1-12-5-10-7-2-3-8-9(4-7)13-6-11-8/h2-4,6,10H,5H2,1H3. The number of rotatable bonds is 3. The molecule has 1 aromatic heterocycles. The van der Waals surface area contributed by atoms with Gasteiger partial charge in [0.25, 0.3) is 0 Å². The molecule has 0 saturated heterocycles. The summed E-state index contributed by atoms with van der Waals surface area (Å²) in [6, 6.07) is 5.72. The topological polar surface area (TPSA) is 47.3 Å². The first kappa shape index (κ1) is 8.07. The quantitative estimate of drug-likeness (QED) is 0.728. The lowest BCUT2D eigenvalue weighted by Gasteiger charge is -2.03. The zero-order valence-electron chi connectivity index (χ0n) is 7.28. The molecule has 0 fully saturated rings. The van der Waals surface area contributed by atoms with E-state index in [4.69, 9.17) is 9.15 Å². The van der Waals surface area contributed by atoms with Gasteiger partial charge in [0.2, 0.25) is 0 Å². The summed E-state index contributed by atoms with van der Waals surface area (Å²) >= 11 is 0. The Hall–Kier alpha value is -1.55. The van der Waals surface area contributed by atoms with Gasteiger partial charge < -0.3 is 14.5 Å². The van der Waals surface area contributed by atoms with E-state index in [0.717, 1.165) is 16.8 Å². The smallest absolute Gasteiger partial charge is 0.181 e. The van der Waals surface area contributed by atoms with E-state index in [-0.39, 0.29) is 0 Å². The first-order chi connectivity index (χ1) is 6.40. The van der Waals surface area contributed by atoms with E-state index >= 15 is 0 Å². The number of aromatic nitrogens is 1. The number of nitrogens with one attached hydrogen (secondary N) is 1. The Balaban J connectivity index is 2.26. The van der Waals surface area contributed by atoms with Gasteiger partial charge in [-0.2, -0.15) is 0 Å². The number of oxazole rings is 1. The molecule has 0 unspecified atom stereocenters. The van der Waals surface area contributed by atoms with Crippen molar-refractivity contribution in [3.8, 4) is 0 Å². The van der Waals surface area contributed by atoms with Crippen molar-refractivity contribution in [3.05, 3.63) is 24.6 Å². The Morgan fingerprint density at radius 1 is 1.54 bits per heavy atom. The second-order valence-electron chi connectivity index (χ2n) is 2.64. The zero-order valence-corrected chi connectivity index (χ0v) is 7.28. The van der Waals surface area contributed by atoms with Crippen molar-refractivity contribution >= 4 is 16.8 Å². The fourth-order valence-electron chi connectivity index (χ4n) is 1.12. The highest BCUT2D eigenvalue weighted by Crippen LogP contribution is 2.17. The maximum atomic E-state index is 5.15. The van der Waals surface area contributed by atoms with Crippen LogP contribution in [0.3, 0.4) is 0 Å². The van der Waals surface area contributed by atoms with Gasteiger partial charge in [0, 0.05) is 18.9 Å². The van der Waals surface area contributed by atoms with Gasteiger partial charge in [-0.25, -0.2) is 4.98 Å².